The van der Waals surface area contributed by atoms with Crippen LogP contribution >= 0.6 is 0 Å². The van der Waals surface area contributed by atoms with E-state index < -0.39 is 0 Å². The van der Waals surface area contributed by atoms with Crippen LogP contribution < -0.4 is 9.64 Å². The smallest absolute Gasteiger partial charge is 0.328 e. The van der Waals surface area contributed by atoms with Crippen molar-refractivity contribution in [3.8, 4) is 17.1 Å². The number of aromatic nitrogens is 2. The van der Waals surface area contributed by atoms with Crippen LogP contribution in [0, 0.1) is 0 Å². The van der Waals surface area contributed by atoms with Gasteiger partial charge in [0.15, 0.2) is 0 Å². The van der Waals surface area contributed by atoms with Crippen molar-refractivity contribution in [2.75, 3.05) is 18.1 Å². The predicted molar refractivity (Wildman–Crippen MR) is 92.7 cm³/mol. The topological polar surface area (TPSA) is 51.4 Å². The van der Waals surface area contributed by atoms with E-state index in [9.17, 15) is 0 Å². The van der Waals surface area contributed by atoms with Gasteiger partial charge in [0.05, 0.1) is 6.61 Å². The normalized spacial score (nSPS) is 13.6. The fourth-order valence-electron chi connectivity index (χ4n) is 3.04. The summed E-state index contributed by atoms with van der Waals surface area (Å²) in [7, 11) is 0. The van der Waals surface area contributed by atoms with E-state index in [1.165, 1.54) is 5.56 Å². The Morgan fingerprint density at radius 1 is 1.12 bits per heavy atom. The largest absolute Gasteiger partial charge is 0.494 e. The monoisotopic (exact) mass is 321 g/mol. The van der Waals surface area contributed by atoms with Crippen LogP contribution in [-0.2, 0) is 6.42 Å². The number of fused-ring (bicyclic) bond motifs is 1. The number of para-hydroxylation sites is 1. The first-order valence-corrected chi connectivity index (χ1v) is 8.27. The molecule has 0 N–H and O–H groups in total. The van der Waals surface area contributed by atoms with Crippen molar-refractivity contribution in [3.63, 3.8) is 0 Å². The third kappa shape index (κ3) is 2.73. The molecule has 0 spiro atoms. The maximum absolute atomic E-state index is 5.53. The van der Waals surface area contributed by atoms with Gasteiger partial charge in [-0.1, -0.05) is 23.4 Å². The van der Waals surface area contributed by atoms with Crippen LogP contribution in [0.25, 0.3) is 11.4 Å². The zero-order valence-corrected chi connectivity index (χ0v) is 13.6. The van der Waals surface area contributed by atoms with Gasteiger partial charge >= 0.3 is 6.01 Å². The van der Waals surface area contributed by atoms with Crippen molar-refractivity contribution in [1.82, 2.24) is 10.1 Å². The molecule has 0 radical (unpaired) electrons. The Labute approximate surface area is 140 Å². The van der Waals surface area contributed by atoms with E-state index in [0.29, 0.717) is 18.4 Å². The van der Waals surface area contributed by atoms with Crippen molar-refractivity contribution in [1.29, 1.82) is 0 Å². The molecule has 0 amide bonds. The van der Waals surface area contributed by atoms with Crippen LogP contribution in [0.2, 0.25) is 0 Å². The quantitative estimate of drug-likeness (QED) is 0.720. The number of anilines is 2. The van der Waals surface area contributed by atoms with Crippen LogP contribution in [0.4, 0.5) is 11.7 Å². The van der Waals surface area contributed by atoms with Gasteiger partial charge in [0.2, 0.25) is 5.82 Å². The molecule has 0 fully saturated rings. The Hall–Kier alpha value is -2.82. The third-order valence-electron chi connectivity index (χ3n) is 4.18. The highest BCUT2D eigenvalue weighted by Crippen LogP contribution is 2.33. The lowest BCUT2D eigenvalue weighted by molar-refractivity contribution is 0.340. The number of hydrogen-bond acceptors (Lipinski definition) is 5. The lowest BCUT2D eigenvalue weighted by atomic mass is 10.0. The molecule has 0 unspecified atom stereocenters. The molecule has 0 atom stereocenters. The van der Waals surface area contributed by atoms with Crippen LogP contribution in [0.1, 0.15) is 18.9 Å². The number of rotatable bonds is 4. The molecule has 0 saturated heterocycles. The summed E-state index contributed by atoms with van der Waals surface area (Å²) in [4.78, 5) is 6.69. The summed E-state index contributed by atoms with van der Waals surface area (Å²) in [6.45, 7) is 3.51. The zero-order valence-electron chi connectivity index (χ0n) is 13.6. The van der Waals surface area contributed by atoms with Crippen LogP contribution in [0.15, 0.2) is 53.1 Å². The van der Waals surface area contributed by atoms with Crippen molar-refractivity contribution in [2.45, 2.75) is 19.8 Å². The molecule has 3 aromatic rings. The predicted octanol–water partition coefficient (Wildman–Crippen LogP) is 4.22. The Morgan fingerprint density at radius 2 is 1.96 bits per heavy atom. The summed E-state index contributed by atoms with van der Waals surface area (Å²) >= 11 is 0. The number of benzene rings is 2. The molecule has 1 aromatic heterocycles. The van der Waals surface area contributed by atoms with E-state index >= 15 is 0 Å². The second-order valence-electron chi connectivity index (χ2n) is 5.74. The number of hydrogen-bond donors (Lipinski definition) is 0. The molecule has 1 aliphatic rings. The molecule has 0 aliphatic carbocycles. The first-order valence-electron chi connectivity index (χ1n) is 8.27. The van der Waals surface area contributed by atoms with E-state index in [1.807, 2.05) is 37.3 Å². The van der Waals surface area contributed by atoms with E-state index in [1.54, 1.807) is 0 Å². The molecule has 5 heteroatoms. The van der Waals surface area contributed by atoms with Gasteiger partial charge in [-0.25, -0.2) is 0 Å². The summed E-state index contributed by atoms with van der Waals surface area (Å²) in [6.07, 6.45) is 2.17. The van der Waals surface area contributed by atoms with E-state index in [0.717, 1.165) is 36.4 Å². The lowest BCUT2D eigenvalue weighted by Gasteiger charge is -2.27. The first-order chi connectivity index (χ1) is 11.8. The minimum absolute atomic E-state index is 0.547. The maximum atomic E-state index is 5.53. The second kappa shape index (κ2) is 6.35. The SMILES string of the molecule is CCOc1ccc(-c2noc(N3CCCc4ccccc43)n2)cc1. The highest BCUT2D eigenvalue weighted by molar-refractivity contribution is 5.64. The van der Waals surface area contributed by atoms with Crippen LogP contribution in [0.5, 0.6) is 5.75 Å². The van der Waals surface area contributed by atoms with Gasteiger partial charge in [0.25, 0.3) is 0 Å². The number of aryl methyl sites for hydroxylation is 1. The van der Waals surface area contributed by atoms with Gasteiger partial charge in [0.1, 0.15) is 5.75 Å². The molecule has 122 valence electrons. The van der Waals surface area contributed by atoms with Gasteiger partial charge in [-0.2, -0.15) is 4.98 Å². The number of ether oxygens (including phenoxy) is 1. The fourth-order valence-corrected chi connectivity index (χ4v) is 3.04. The zero-order chi connectivity index (χ0) is 16.4. The highest BCUT2D eigenvalue weighted by Gasteiger charge is 2.22. The van der Waals surface area contributed by atoms with Gasteiger partial charge in [-0.05, 0) is 55.7 Å². The minimum Gasteiger partial charge on any atom is -0.494 e. The second-order valence-corrected chi connectivity index (χ2v) is 5.74. The molecule has 4 rings (SSSR count). The Bertz CT molecular complexity index is 827. The molecule has 24 heavy (non-hydrogen) atoms. The number of nitrogens with zero attached hydrogens (tertiary/aromatic N) is 3. The molecule has 5 nitrogen and oxygen atoms in total. The van der Waals surface area contributed by atoms with Crippen molar-refractivity contribution in [3.05, 3.63) is 54.1 Å². The molecular formula is C19H19N3O2. The Balaban J connectivity index is 1.61. The van der Waals surface area contributed by atoms with E-state index in [4.69, 9.17) is 9.26 Å². The van der Waals surface area contributed by atoms with Gasteiger partial charge in [-0.3, -0.25) is 4.90 Å². The highest BCUT2D eigenvalue weighted by atomic mass is 16.5. The summed E-state index contributed by atoms with van der Waals surface area (Å²) in [5.74, 6) is 1.44. The molecule has 0 bridgehead atoms. The average Bonchev–Trinajstić information content (AvgIpc) is 3.12. The summed E-state index contributed by atoms with van der Waals surface area (Å²) < 4.78 is 11.0. The van der Waals surface area contributed by atoms with Gasteiger partial charge < -0.3 is 9.26 Å². The van der Waals surface area contributed by atoms with E-state index in [2.05, 4.69) is 33.2 Å². The summed E-state index contributed by atoms with van der Waals surface area (Å²) in [6, 6.07) is 16.7. The van der Waals surface area contributed by atoms with Crippen LogP contribution in [-0.4, -0.2) is 23.3 Å². The third-order valence-corrected chi connectivity index (χ3v) is 4.18. The summed E-state index contributed by atoms with van der Waals surface area (Å²) in [5, 5.41) is 4.14. The summed E-state index contributed by atoms with van der Waals surface area (Å²) in [5.41, 5.74) is 3.40. The Kier molecular flexibility index (Phi) is 3.91. The molecule has 2 aromatic carbocycles. The first kappa shape index (κ1) is 14.8. The van der Waals surface area contributed by atoms with E-state index in [-0.39, 0.29) is 0 Å². The van der Waals surface area contributed by atoms with Crippen LogP contribution in [0.3, 0.4) is 0 Å². The Morgan fingerprint density at radius 3 is 2.79 bits per heavy atom. The standard InChI is InChI=1S/C19H19N3O2/c1-2-23-16-11-9-15(10-12-16)18-20-19(24-21-18)22-13-5-7-14-6-3-4-8-17(14)22/h3-4,6,8-12H,2,5,7,13H2,1H3. The molecule has 1 aliphatic heterocycles. The molecular weight excluding hydrogens is 302 g/mol. The minimum atomic E-state index is 0.547. The average molecular weight is 321 g/mol. The van der Waals surface area contributed by atoms with Crippen molar-refractivity contribution < 1.29 is 9.26 Å². The van der Waals surface area contributed by atoms with Crippen molar-refractivity contribution >= 4 is 11.7 Å². The lowest BCUT2D eigenvalue weighted by Crippen LogP contribution is -2.24. The van der Waals surface area contributed by atoms with Gasteiger partial charge in [-0.15, -0.1) is 0 Å². The van der Waals surface area contributed by atoms with Crippen molar-refractivity contribution in [2.24, 2.45) is 0 Å². The molecule has 2 heterocycles. The molecule has 0 saturated carbocycles. The fraction of sp³-hybridized carbons (Fsp3) is 0.263. The van der Waals surface area contributed by atoms with Gasteiger partial charge in [0, 0.05) is 17.8 Å². The maximum Gasteiger partial charge on any atom is 0.328 e.